The van der Waals surface area contributed by atoms with Crippen LogP contribution in [0.25, 0.3) is 16.9 Å². The van der Waals surface area contributed by atoms with E-state index in [1.807, 2.05) is 17.6 Å². The molecule has 4 aromatic rings. The lowest BCUT2D eigenvalue weighted by Gasteiger charge is -2.12. The van der Waals surface area contributed by atoms with Crippen molar-refractivity contribution in [3.05, 3.63) is 83.0 Å². The van der Waals surface area contributed by atoms with Gasteiger partial charge in [0.15, 0.2) is 5.65 Å². The first-order valence-electron chi connectivity index (χ1n) is 8.82. The Morgan fingerprint density at radius 2 is 1.77 bits per heavy atom. The molecule has 2 aromatic heterocycles. The molecular weight excluding hydrogens is 320 g/mol. The molecule has 2 aromatic carbocycles. The monoisotopic (exact) mass is 342 g/mol. The molecule has 2 heterocycles. The van der Waals surface area contributed by atoms with Crippen LogP contribution in [0, 0.1) is 20.8 Å². The molecular formula is C22H22N4. The van der Waals surface area contributed by atoms with Crippen LogP contribution >= 0.6 is 0 Å². The Balaban J connectivity index is 1.77. The van der Waals surface area contributed by atoms with Gasteiger partial charge in [-0.1, -0.05) is 54.1 Å². The normalized spacial score (nSPS) is 11.0. The summed E-state index contributed by atoms with van der Waals surface area (Å²) in [5, 5.41) is 8.03. The van der Waals surface area contributed by atoms with Crippen molar-refractivity contribution < 1.29 is 0 Å². The highest BCUT2D eigenvalue weighted by atomic mass is 15.3. The summed E-state index contributed by atoms with van der Waals surface area (Å²) in [4.78, 5) is 4.86. The predicted octanol–water partition coefficient (Wildman–Crippen LogP) is 4.93. The van der Waals surface area contributed by atoms with Crippen molar-refractivity contribution in [1.29, 1.82) is 0 Å². The van der Waals surface area contributed by atoms with Gasteiger partial charge in [0.05, 0.1) is 11.9 Å². The molecule has 0 saturated heterocycles. The average Bonchev–Trinajstić information content (AvgIpc) is 3.01. The van der Waals surface area contributed by atoms with Gasteiger partial charge < -0.3 is 5.32 Å². The maximum Gasteiger partial charge on any atom is 0.160 e. The van der Waals surface area contributed by atoms with Crippen molar-refractivity contribution in [2.24, 2.45) is 0 Å². The van der Waals surface area contributed by atoms with Crippen LogP contribution in [0.4, 0.5) is 5.82 Å². The van der Waals surface area contributed by atoms with Gasteiger partial charge in [-0.3, -0.25) is 0 Å². The van der Waals surface area contributed by atoms with Crippen LogP contribution in [-0.2, 0) is 6.54 Å². The molecule has 1 N–H and O–H groups in total. The van der Waals surface area contributed by atoms with Crippen LogP contribution in [-0.4, -0.2) is 14.6 Å². The van der Waals surface area contributed by atoms with Crippen molar-refractivity contribution in [3.63, 3.8) is 0 Å². The van der Waals surface area contributed by atoms with E-state index in [1.54, 1.807) is 0 Å². The van der Waals surface area contributed by atoms with Crippen molar-refractivity contribution in [1.82, 2.24) is 14.6 Å². The van der Waals surface area contributed by atoms with Crippen LogP contribution in [0.1, 0.15) is 22.3 Å². The highest BCUT2D eigenvalue weighted by Crippen LogP contribution is 2.26. The number of fused-ring (bicyclic) bond motifs is 1. The van der Waals surface area contributed by atoms with E-state index in [1.165, 1.54) is 16.7 Å². The minimum atomic E-state index is 0.743. The van der Waals surface area contributed by atoms with Crippen LogP contribution in [0.3, 0.4) is 0 Å². The summed E-state index contributed by atoms with van der Waals surface area (Å²) in [5.74, 6) is 0.947. The Morgan fingerprint density at radius 1 is 0.923 bits per heavy atom. The second-order valence-electron chi connectivity index (χ2n) is 6.75. The largest absolute Gasteiger partial charge is 0.366 e. The lowest BCUT2D eigenvalue weighted by molar-refractivity contribution is 0.926. The topological polar surface area (TPSA) is 42.2 Å². The zero-order valence-electron chi connectivity index (χ0n) is 15.3. The summed E-state index contributed by atoms with van der Waals surface area (Å²) in [7, 11) is 0. The highest BCUT2D eigenvalue weighted by Gasteiger charge is 2.12. The van der Waals surface area contributed by atoms with E-state index in [-0.39, 0.29) is 0 Å². The minimum Gasteiger partial charge on any atom is -0.366 e. The number of aryl methyl sites for hydroxylation is 3. The third kappa shape index (κ3) is 3.06. The van der Waals surface area contributed by atoms with E-state index in [9.17, 15) is 0 Å². The van der Waals surface area contributed by atoms with E-state index < -0.39 is 0 Å². The number of hydrogen-bond donors (Lipinski definition) is 1. The van der Waals surface area contributed by atoms with Gasteiger partial charge in [-0.2, -0.15) is 9.61 Å². The molecule has 0 fully saturated rings. The maximum atomic E-state index is 4.86. The third-order valence-electron chi connectivity index (χ3n) is 4.63. The number of aromatic nitrogens is 3. The average molecular weight is 342 g/mol. The zero-order valence-corrected chi connectivity index (χ0v) is 15.3. The molecule has 0 spiro atoms. The second kappa shape index (κ2) is 6.64. The summed E-state index contributed by atoms with van der Waals surface area (Å²) in [6, 6.07) is 18.9. The van der Waals surface area contributed by atoms with E-state index in [0.29, 0.717) is 0 Å². The first-order chi connectivity index (χ1) is 12.6. The van der Waals surface area contributed by atoms with E-state index >= 15 is 0 Å². The van der Waals surface area contributed by atoms with Crippen LogP contribution in [0.5, 0.6) is 0 Å². The lowest BCUT2D eigenvalue weighted by Crippen LogP contribution is -2.07. The van der Waals surface area contributed by atoms with Crippen molar-refractivity contribution in [2.45, 2.75) is 27.3 Å². The van der Waals surface area contributed by atoms with Gasteiger partial charge in [0.1, 0.15) is 5.82 Å². The fourth-order valence-electron chi connectivity index (χ4n) is 3.21. The molecule has 0 amide bonds. The predicted molar refractivity (Wildman–Crippen MR) is 106 cm³/mol. The maximum absolute atomic E-state index is 4.86. The number of hydrogen-bond acceptors (Lipinski definition) is 3. The van der Waals surface area contributed by atoms with Crippen LogP contribution in [0.2, 0.25) is 0 Å². The van der Waals surface area contributed by atoms with Gasteiger partial charge in [-0.15, -0.1) is 0 Å². The molecule has 0 atom stereocenters. The minimum absolute atomic E-state index is 0.743. The standard InChI is InChI=1S/C22H22N4/c1-15-7-6-9-18(11-15)14-23-21-12-20(19-10-5-4-8-16(19)2)25-22-17(3)13-24-26(21)22/h4-13,23H,14H2,1-3H3. The number of benzene rings is 2. The molecule has 0 aliphatic rings. The van der Waals surface area contributed by atoms with Crippen LogP contribution in [0.15, 0.2) is 60.8 Å². The van der Waals surface area contributed by atoms with Crippen molar-refractivity contribution in [3.8, 4) is 11.3 Å². The summed E-state index contributed by atoms with van der Waals surface area (Å²) in [6.07, 6.45) is 1.86. The Bertz CT molecular complexity index is 1080. The molecule has 4 nitrogen and oxygen atoms in total. The summed E-state index contributed by atoms with van der Waals surface area (Å²) in [6.45, 7) is 7.01. The van der Waals surface area contributed by atoms with Crippen molar-refractivity contribution in [2.75, 3.05) is 5.32 Å². The van der Waals surface area contributed by atoms with Crippen molar-refractivity contribution >= 4 is 11.5 Å². The van der Waals surface area contributed by atoms with E-state index in [2.05, 4.69) is 78.9 Å². The lowest BCUT2D eigenvalue weighted by atomic mass is 10.1. The number of nitrogens with one attached hydrogen (secondary N) is 1. The molecule has 26 heavy (non-hydrogen) atoms. The fourth-order valence-corrected chi connectivity index (χ4v) is 3.21. The molecule has 4 heteroatoms. The summed E-state index contributed by atoms with van der Waals surface area (Å²) >= 11 is 0. The molecule has 0 unspecified atom stereocenters. The van der Waals surface area contributed by atoms with Gasteiger partial charge >= 0.3 is 0 Å². The summed E-state index contributed by atoms with van der Waals surface area (Å²) < 4.78 is 1.88. The second-order valence-corrected chi connectivity index (χ2v) is 6.75. The Hall–Kier alpha value is -3.14. The quantitative estimate of drug-likeness (QED) is 0.571. The molecule has 0 aliphatic carbocycles. The van der Waals surface area contributed by atoms with E-state index in [4.69, 9.17) is 4.98 Å². The summed E-state index contributed by atoms with van der Waals surface area (Å²) in [5.41, 5.74) is 7.79. The number of anilines is 1. The van der Waals surface area contributed by atoms with E-state index in [0.717, 1.165) is 34.8 Å². The van der Waals surface area contributed by atoms with Gasteiger partial charge in [0.25, 0.3) is 0 Å². The highest BCUT2D eigenvalue weighted by molar-refractivity contribution is 5.70. The molecule has 130 valence electrons. The number of nitrogens with zero attached hydrogens (tertiary/aromatic N) is 3. The van der Waals surface area contributed by atoms with Gasteiger partial charge in [0.2, 0.25) is 0 Å². The first-order valence-corrected chi connectivity index (χ1v) is 8.82. The first kappa shape index (κ1) is 16.3. The Morgan fingerprint density at radius 3 is 2.58 bits per heavy atom. The third-order valence-corrected chi connectivity index (χ3v) is 4.63. The fraction of sp³-hybridized carbons (Fsp3) is 0.182. The molecule has 4 rings (SSSR count). The smallest absolute Gasteiger partial charge is 0.160 e. The Kier molecular flexibility index (Phi) is 4.17. The van der Waals surface area contributed by atoms with Gasteiger partial charge in [-0.25, -0.2) is 4.98 Å². The van der Waals surface area contributed by atoms with Gasteiger partial charge in [-0.05, 0) is 31.9 Å². The molecule has 0 radical (unpaired) electrons. The molecule has 0 aliphatic heterocycles. The zero-order chi connectivity index (χ0) is 18.1. The molecule has 0 bridgehead atoms. The van der Waals surface area contributed by atoms with Crippen LogP contribution < -0.4 is 5.32 Å². The van der Waals surface area contributed by atoms with Gasteiger partial charge in [0, 0.05) is 23.7 Å². The SMILES string of the molecule is Cc1cccc(CNc2cc(-c3ccccc3C)nc3c(C)cnn23)c1. The Labute approximate surface area is 153 Å². The number of rotatable bonds is 4. The molecule has 0 saturated carbocycles.